The van der Waals surface area contributed by atoms with Crippen LogP contribution in [-0.4, -0.2) is 11.8 Å². The van der Waals surface area contributed by atoms with E-state index >= 15 is 0 Å². The minimum atomic E-state index is -0.533. The van der Waals surface area contributed by atoms with Crippen molar-refractivity contribution in [3.8, 4) is 0 Å². The normalized spacial score (nSPS) is 10.4. The minimum Gasteiger partial charge on any atom is -0.352 e. The average molecular weight is 415 g/mol. The molecule has 0 saturated heterocycles. The molecule has 4 nitrogen and oxygen atoms in total. The highest BCUT2D eigenvalue weighted by atomic mass is 35.5. The first-order chi connectivity index (χ1) is 13.9. The number of hydrogen-bond acceptors (Lipinski definition) is 2. The van der Waals surface area contributed by atoms with Crippen molar-refractivity contribution in [1.82, 2.24) is 5.32 Å². The SMILES string of the molecule is O=C(Cc1c(F)cccc1Cl)NCc1cccc(NC(=O)c2cccc(F)c2)c1. The molecule has 29 heavy (non-hydrogen) atoms. The average Bonchev–Trinajstić information content (AvgIpc) is 2.69. The maximum Gasteiger partial charge on any atom is 0.255 e. The molecule has 0 atom stereocenters. The molecule has 0 bridgehead atoms. The number of hydrogen-bond donors (Lipinski definition) is 2. The fourth-order valence-electron chi connectivity index (χ4n) is 2.72. The van der Waals surface area contributed by atoms with Gasteiger partial charge in [0.05, 0.1) is 6.42 Å². The smallest absolute Gasteiger partial charge is 0.255 e. The van der Waals surface area contributed by atoms with Gasteiger partial charge < -0.3 is 10.6 Å². The van der Waals surface area contributed by atoms with Crippen LogP contribution in [0.1, 0.15) is 21.5 Å². The summed E-state index contributed by atoms with van der Waals surface area (Å²) in [5, 5.41) is 5.57. The standard InChI is InChI=1S/C22H17ClF2N2O2/c23-19-8-3-9-20(25)18(19)12-21(28)26-13-14-4-1-7-17(10-14)27-22(29)15-5-2-6-16(24)11-15/h1-11H,12-13H2,(H,26,28)(H,27,29). The summed E-state index contributed by atoms with van der Waals surface area (Å²) >= 11 is 5.94. The molecular weight excluding hydrogens is 398 g/mol. The fraction of sp³-hybridized carbons (Fsp3) is 0.0909. The molecule has 0 spiro atoms. The molecule has 3 aromatic carbocycles. The van der Waals surface area contributed by atoms with Crippen LogP contribution < -0.4 is 10.6 Å². The Morgan fingerprint density at radius 1 is 0.931 bits per heavy atom. The highest BCUT2D eigenvalue weighted by Crippen LogP contribution is 2.19. The molecule has 3 aromatic rings. The molecule has 0 aliphatic heterocycles. The largest absolute Gasteiger partial charge is 0.352 e. The second kappa shape index (κ2) is 9.30. The number of anilines is 1. The number of nitrogens with one attached hydrogen (secondary N) is 2. The zero-order chi connectivity index (χ0) is 20.8. The molecule has 7 heteroatoms. The molecular formula is C22H17ClF2N2O2. The lowest BCUT2D eigenvalue weighted by Gasteiger charge is -2.10. The van der Waals surface area contributed by atoms with Crippen LogP contribution in [-0.2, 0) is 17.8 Å². The Hall–Kier alpha value is -3.25. The summed E-state index contributed by atoms with van der Waals surface area (Å²) in [5.74, 6) is -1.86. The predicted molar refractivity (Wildman–Crippen MR) is 108 cm³/mol. The Morgan fingerprint density at radius 2 is 1.69 bits per heavy atom. The van der Waals surface area contributed by atoms with E-state index in [-0.39, 0.29) is 35.0 Å². The third-order valence-corrected chi connectivity index (χ3v) is 4.51. The lowest BCUT2D eigenvalue weighted by molar-refractivity contribution is -0.120. The fourth-order valence-corrected chi connectivity index (χ4v) is 2.95. The lowest BCUT2D eigenvalue weighted by Crippen LogP contribution is -2.25. The molecule has 0 radical (unpaired) electrons. The van der Waals surface area contributed by atoms with Gasteiger partial charge in [-0.05, 0) is 48.0 Å². The highest BCUT2D eigenvalue weighted by molar-refractivity contribution is 6.31. The van der Waals surface area contributed by atoms with Crippen LogP contribution in [0.5, 0.6) is 0 Å². The Kier molecular flexibility index (Phi) is 6.57. The number of halogens is 3. The second-order valence-corrected chi connectivity index (χ2v) is 6.73. The molecule has 148 valence electrons. The van der Waals surface area contributed by atoms with Gasteiger partial charge in [0.2, 0.25) is 5.91 Å². The van der Waals surface area contributed by atoms with Gasteiger partial charge in [-0.15, -0.1) is 0 Å². The number of amides is 2. The molecule has 2 amide bonds. The predicted octanol–water partition coefficient (Wildman–Crippen LogP) is 4.73. The third-order valence-electron chi connectivity index (χ3n) is 4.16. The van der Waals surface area contributed by atoms with Gasteiger partial charge in [-0.2, -0.15) is 0 Å². The lowest BCUT2D eigenvalue weighted by atomic mass is 10.1. The van der Waals surface area contributed by atoms with Gasteiger partial charge in [-0.25, -0.2) is 8.78 Å². The number of carbonyl (C=O) groups is 2. The van der Waals surface area contributed by atoms with Gasteiger partial charge in [0.1, 0.15) is 11.6 Å². The maximum atomic E-state index is 13.8. The number of rotatable bonds is 6. The van der Waals surface area contributed by atoms with Crippen molar-refractivity contribution in [2.45, 2.75) is 13.0 Å². The number of carbonyl (C=O) groups excluding carboxylic acids is 2. The second-order valence-electron chi connectivity index (χ2n) is 6.32. The molecule has 0 aromatic heterocycles. The van der Waals surface area contributed by atoms with E-state index in [9.17, 15) is 18.4 Å². The van der Waals surface area contributed by atoms with Crippen molar-refractivity contribution >= 4 is 29.1 Å². The Bertz CT molecular complexity index is 1040. The maximum absolute atomic E-state index is 13.8. The quantitative estimate of drug-likeness (QED) is 0.612. The van der Waals surface area contributed by atoms with E-state index in [4.69, 9.17) is 11.6 Å². The van der Waals surface area contributed by atoms with Crippen molar-refractivity contribution in [2.24, 2.45) is 0 Å². The molecule has 0 unspecified atom stereocenters. The van der Waals surface area contributed by atoms with Crippen LogP contribution in [0.4, 0.5) is 14.5 Å². The van der Waals surface area contributed by atoms with Crippen LogP contribution in [0.25, 0.3) is 0 Å². The van der Waals surface area contributed by atoms with Gasteiger partial charge in [-0.3, -0.25) is 9.59 Å². The van der Waals surface area contributed by atoms with E-state index in [1.165, 1.54) is 36.4 Å². The first-order valence-corrected chi connectivity index (χ1v) is 9.15. The Labute approximate surface area is 171 Å². The molecule has 3 rings (SSSR count). The van der Waals surface area contributed by atoms with Crippen molar-refractivity contribution < 1.29 is 18.4 Å². The Balaban J connectivity index is 1.60. The van der Waals surface area contributed by atoms with E-state index < -0.39 is 17.5 Å². The van der Waals surface area contributed by atoms with Gasteiger partial charge in [0.15, 0.2) is 0 Å². The van der Waals surface area contributed by atoms with Crippen LogP contribution in [0, 0.1) is 11.6 Å². The monoisotopic (exact) mass is 414 g/mol. The highest BCUT2D eigenvalue weighted by Gasteiger charge is 2.12. The third kappa shape index (κ3) is 5.62. The zero-order valence-corrected chi connectivity index (χ0v) is 16.0. The zero-order valence-electron chi connectivity index (χ0n) is 15.2. The molecule has 0 fully saturated rings. The van der Waals surface area contributed by atoms with Crippen molar-refractivity contribution in [2.75, 3.05) is 5.32 Å². The first-order valence-electron chi connectivity index (χ1n) is 8.78. The van der Waals surface area contributed by atoms with E-state index in [0.717, 1.165) is 11.6 Å². The van der Waals surface area contributed by atoms with Crippen molar-refractivity contribution in [3.05, 3.63) is 100 Å². The van der Waals surface area contributed by atoms with Crippen LogP contribution >= 0.6 is 11.6 Å². The van der Waals surface area contributed by atoms with Crippen LogP contribution in [0.2, 0.25) is 5.02 Å². The summed E-state index contributed by atoms with van der Waals surface area (Å²) in [6, 6.07) is 16.5. The number of benzene rings is 3. The summed E-state index contributed by atoms with van der Waals surface area (Å²) in [7, 11) is 0. The molecule has 0 aliphatic carbocycles. The Morgan fingerprint density at radius 3 is 2.45 bits per heavy atom. The molecule has 0 heterocycles. The summed E-state index contributed by atoms with van der Waals surface area (Å²) in [6.07, 6.45) is -0.179. The summed E-state index contributed by atoms with van der Waals surface area (Å²) in [4.78, 5) is 24.3. The van der Waals surface area contributed by atoms with E-state index in [2.05, 4.69) is 10.6 Å². The molecule has 0 aliphatic rings. The topological polar surface area (TPSA) is 58.2 Å². The van der Waals surface area contributed by atoms with Crippen molar-refractivity contribution in [1.29, 1.82) is 0 Å². The van der Waals surface area contributed by atoms with E-state index in [1.54, 1.807) is 24.3 Å². The van der Waals surface area contributed by atoms with Crippen LogP contribution in [0.15, 0.2) is 66.7 Å². The van der Waals surface area contributed by atoms with Crippen LogP contribution in [0.3, 0.4) is 0 Å². The van der Waals surface area contributed by atoms with Crippen molar-refractivity contribution in [3.63, 3.8) is 0 Å². The van der Waals surface area contributed by atoms with E-state index in [0.29, 0.717) is 5.69 Å². The molecule has 0 saturated carbocycles. The summed E-state index contributed by atoms with van der Waals surface area (Å²) in [5.41, 5.74) is 1.58. The van der Waals surface area contributed by atoms with Gasteiger partial charge in [-0.1, -0.05) is 35.9 Å². The minimum absolute atomic E-state index is 0.141. The van der Waals surface area contributed by atoms with Gasteiger partial charge >= 0.3 is 0 Å². The van der Waals surface area contributed by atoms with Gasteiger partial charge in [0, 0.05) is 28.4 Å². The first kappa shape index (κ1) is 20.5. The molecule has 2 N–H and O–H groups in total. The van der Waals surface area contributed by atoms with Gasteiger partial charge in [0.25, 0.3) is 5.91 Å². The summed E-state index contributed by atoms with van der Waals surface area (Å²) < 4.78 is 27.0. The van der Waals surface area contributed by atoms with E-state index in [1.807, 2.05) is 0 Å². The summed E-state index contributed by atoms with van der Waals surface area (Å²) in [6.45, 7) is 0.189.